The Morgan fingerprint density at radius 2 is 1.64 bits per heavy atom. The zero-order valence-corrected chi connectivity index (χ0v) is 18.5. The standard InChI is InChI=1S/C24H23F3N2O4/c1-4-33-15-8-9-20(24(25,26)27)21(13-15)29-23(30)19-7-5-6-18(19)22(28-29)14-10-16(31-2)12-17(11-14)32-3/h8-13H,4-7H2,1-3H3. The summed E-state index contributed by atoms with van der Waals surface area (Å²) in [5.74, 6) is 1.23. The molecule has 2 aromatic carbocycles. The molecule has 0 spiro atoms. The van der Waals surface area contributed by atoms with Crippen molar-refractivity contribution in [1.82, 2.24) is 9.78 Å². The zero-order valence-electron chi connectivity index (χ0n) is 18.5. The number of methoxy groups -OCH3 is 2. The fourth-order valence-corrected chi connectivity index (χ4v) is 4.10. The highest BCUT2D eigenvalue weighted by Crippen LogP contribution is 2.37. The van der Waals surface area contributed by atoms with E-state index >= 15 is 0 Å². The quantitative estimate of drug-likeness (QED) is 0.528. The number of alkyl halides is 3. The molecule has 0 N–H and O–H groups in total. The minimum absolute atomic E-state index is 0.222. The average Bonchev–Trinajstić information content (AvgIpc) is 3.29. The molecule has 0 aliphatic heterocycles. The first-order chi connectivity index (χ1) is 15.8. The molecule has 3 aromatic rings. The number of hydrogen-bond acceptors (Lipinski definition) is 5. The first kappa shape index (κ1) is 22.7. The molecular formula is C24H23F3N2O4. The van der Waals surface area contributed by atoms with Crippen molar-refractivity contribution in [1.29, 1.82) is 0 Å². The van der Waals surface area contributed by atoms with E-state index in [2.05, 4.69) is 5.10 Å². The van der Waals surface area contributed by atoms with Crippen LogP contribution in [0.2, 0.25) is 0 Å². The number of fused-ring (bicyclic) bond motifs is 1. The Morgan fingerprint density at radius 3 is 2.24 bits per heavy atom. The van der Waals surface area contributed by atoms with Crippen molar-refractivity contribution in [2.24, 2.45) is 0 Å². The number of rotatable bonds is 6. The van der Waals surface area contributed by atoms with Crippen LogP contribution in [0.15, 0.2) is 41.2 Å². The minimum Gasteiger partial charge on any atom is -0.497 e. The van der Waals surface area contributed by atoms with E-state index in [1.165, 1.54) is 26.4 Å². The number of hydrogen-bond donors (Lipinski definition) is 0. The summed E-state index contributed by atoms with van der Waals surface area (Å²) < 4.78 is 58.5. The van der Waals surface area contributed by atoms with Gasteiger partial charge in [-0.05, 0) is 56.0 Å². The Labute approximate surface area is 188 Å². The van der Waals surface area contributed by atoms with E-state index in [0.29, 0.717) is 41.2 Å². The largest absolute Gasteiger partial charge is 0.497 e. The van der Waals surface area contributed by atoms with Crippen LogP contribution in [0.3, 0.4) is 0 Å². The predicted molar refractivity (Wildman–Crippen MR) is 117 cm³/mol. The molecule has 1 aliphatic carbocycles. The van der Waals surface area contributed by atoms with Gasteiger partial charge in [-0.25, -0.2) is 0 Å². The normalized spacial score (nSPS) is 13.0. The minimum atomic E-state index is -4.68. The molecule has 0 unspecified atom stereocenters. The summed E-state index contributed by atoms with van der Waals surface area (Å²) in [4.78, 5) is 13.3. The maximum Gasteiger partial charge on any atom is 0.418 e. The van der Waals surface area contributed by atoms with Crippen LogP contribution < -0.4 is 19.8 Å². The van der Waals surface area contributed by atoms with Crippen LogP contribution in [0, 0.1) is 0 Å². The number of benzene rings is 2. The van der Waals surface area contributed by atoms with Gasteiger partial charge in [0.1, 0.15) is 17.2 Å². The average molecular weight is 460 g/mol. The molecule has 1 aliphatic rings. The fourth-order valence-electron chi connectivity index (χ4n) is 4.10. The van der Waals surface area contributed by atoms with Crippen molar-refractivity contribution in [3.05, 3.63) is 63.4 Å². The lowest BCUT2D eigenvalue weighted by Crippen LogP contribution is -2.28. The van der Waals surface area contributed by atoms with Crippen LogP contribution >= 0.6 is 0 Å². The van der Waals surface area contributed by atoms with Gasteiger partial charge in [-0.2, -0.15) is 23.0 Å². The number of halogens is 3. The fraction of sp³-hybridized carbons (Fsp3) is 0.333. The van der Waals surface area contributed by atoms with Crippen molar-refractivity contribution >= 4 is 0 Å². The van der Waals surface area contributed by atoms with Gasteiger partial charge in [0.15, 0.2) is 0 Å². The summed E-state index contributed by atoms with van der Waals surface area (Å²) in [6, 6.07) is 8.49. The number of nitrogens with zero attached hydrogens (tertiary/aromatic N) is 2. The van der Waals surface area contributed by atoms with Gasteiger partial charge < -0.3 is 14.2 Å². The summed E-state index contributed by atoms with van der Waals surface area (Å²) in [6.45, 7) is 2.00. The van der Waals surface area contributed by atoms with Gasteiger partial charge >= 0.3 is 6.18 Å². The van der Waals surface area contributed by atoms with E-state index in [1.54, 1.807) is 25.1 Å². The van der Waals surface area contributed by atoms with Gasteiger partial charge in [0.25, 0.3) is 5.56 Å². The van der Waals surface area contributed by atoms with E-state index in [1.807, 2.05) is 0 Å². The van der Waals surface area contributed by atoms with Crippen LogP contribution in [0.1, 0.15) is 30.0 Å². The molecule has 6 nitrogen and oxygen atoms in total. The van der Waals surface area contributed by atoms with Crippen LogP contribution in [0.4, 0.5) is 13.2 Å². The molecule has 0 saturated carbocycles. The maximum atomic E-state index is 13.9. The lowest BCUT2D eigenvalue weighted by Gasteiger charge is -2.18. The second-order valence-corrected chi connectivity index (χ2v) is 7.59. The first-order valence-electron chi connectivity index (χ1n) is 10.5. The molecule has 0 fully saturated rings. The smallest absolute Gasteiger partial charge is 0.418 e. The monoisotopic (exact) mass is 460 g/mol. The molecule has 174 valence electrons. The molecule has 0 saturated heterocycles. The van der Waals surface area contributed by atoms with E-state index < -0.39 is 17.3 Å². The first-order valence-corrected chi connectivity index (χ1v) is 10.5. The van der Waals surface area contributed by atoms with E-state index in [0.717, 1.165) is 22.7 Å². The molecular weight excluding hydrogens is 437 g/mol. The molecule has 9 heteroatoms. The van der Waals surface area contributed by atoms with Crippen molar-refractivity contribution in [2.75, 3.05) is 20.8 Å². The van der Waals surface area contributed by atoms with E-state index in [-0.39, 0.29) is 18.0 Å². The Bertz CT molecular complexity index is 1230. The maximum absolute atomic E-state index is 13.9. The van der Waals surface area contributed by atoms with Crippen molar-refractivity contribution in [2.45, 2.75) is 32.4 Å². The van der Waals surface area contributed by atoms with Crippen molar-refractivity contribution < 1.29 is 27.4 Å². The SMILES string of the molecule is CCOc1ccc(C(F)(F)F)c(-n2nc(-c3cc(OC)cc(OC)c3)c3c(c2=O)CCC3)c1. The Balaban J connectivity index is 2.02. The van der Waals surface area contributed by atoms with Crippen LogP contribution in [0.5, 0.6) is 17.2 Å². The highest BCUT2D eigenvalue weighted by atomic mass is 19.4. The van der Waals surface area contributed by atoms with Gasteiger partial charge in [0.05, 0.1) is 37.8 Å². The third-order valence-electron chi connectivity index (χ3n) is 5.59. The Morgan fingerprint density at radius 1 is 0.970 bits per heavy atom. The molecule has 0 atom stereocenters. The third-order valence-corrected chi connectivity index (χ3v) is 5.59. The lowest BCUT2D eigenvalue weighted by atomic mass is 10.0. The summed E-state index contributed by atoms with van der Waals surface area (Å²) in [6.07, 6.45) is -2.88. The van der Waals surface area contributed by atoms with Gasteiger partial charge in [-0.15, -0.1) is 0 Å². The second-order valence-electron chi connectivity index (χ2n) is 7.59. The lowest BCUT2D eigenvalue weighted by molar-refractivity contribution is -0.137. The summed E-state index contributed by atoms with van der Waals surface area (Å²) in [5.41, 5.74) is 0.330. The number of ether oxygens (including phenoxy) is 3. The molecule has 0 bridgehead atoms. The van der Waals surface area contributed by atoms with Crippen LogP contribution in [0.25, 0.3) is 16.9 Å². The number of aromatic nitrogens is 2. The zero-order chi connectivity index (χ0) is 23.8. The van der Waals surface area contributed by atoms with Gasteiger partial charge in [-0.1, -0.05) is 0 Å². The predicted octanol–water partition coefficient (Wildman–Crippen LogP) is 4.82. The highest BCUT2D eigenvalue weighted by molar-refractivity contribution is 5.69. The molecule has 0 radical (unpaired) electrons. The summed E-state index contributed by atoms with van der Waals surface area (Å²) in [5, 5.41) is 4.45. The molecule has 4 rings (SSSR count). The van der Waals surface area contributed by atoms with E-state index in [4.69, 9.17) is 14.2 Å². The Hall–Kier alpha value is -3.49. The second kappa shape index (κ2) is 8.80. The summed E-state index contributed by atoms with van der Waals surface area (Å²) in [7, 11) is 3.01. The molecule has 0 amide bonds. The van der Waals surface area contributed by atoms with Gasteiger partial charge in [0.2, 0.25) is 0 Å². The van der Waals surface area contributed by atoms with Gasteiger partial charge in [0, 0.05) is 23.3 Å². The van der Waals surface area contributed by atoms with Gasteiger partial charge in [-0.3, -0.25) is 4.79 Å². The van der Waals surface area contributed by atoms with Crippen molar-refractivity contribution in [3.63, 3.8) is 0 Å². The third kappa shape index (κ3) is 4.27. The Kier molecular flexibility index (Phi) is 6.05. The van der Waals surface area contributed by atoms with Crippen LogP contribution in [-0.2, 0) is 19.0 Å². The molecule has 1 aromatic heterocycles. The highest BCUT2D eigenvalue weighted by Gasteiger charge is 2.36. The molecule has 1 heterocycles. The molecule has 33 heavy (non-hydrogen) atoms. The van der Waals surface area contributed by atoms with E-state index in [9.17, 15) is 18.0 Å². The van der Waals surface area contributed by atoms with Crippen LogP contribution in [-0.4, -0.2) is 30.6 Å². The van der Waals surface area contributed by atoms with Crippen molar-refractivity contribution in [3.8, 4) is 34.2 Å². The summed E-state index contributed by atoms with van der Waals surface area (Å²) >= 11 is 0. The topological polar surface area (TPSA) is 62.6 Å².